The zero-order valence-electron chi connectivity index (χ0n) is 16.6. The predicted molar refractivity (Wildman–Crippen MR) is 105 cm³/mol. The number of amides is 1. The summed E-state index contributed by atoms with van der Waals surface area (Å²) in [6.07, 6.45) is 3.96. The highest BCUT2D eigenvalue weighted by Gasteiger charge is 2.42. The van der Waals surface area contributed by atoms with E-state index < -0.39 is 6.04 Å². The van der Waals surface area contributed by atoms with E-state index in [-0.39, 0.29) is 30.7 Å². The van der Waals surface area contributed by atoms with Gasteiger partial charge in [0.25, 0.3) is 0 Å². The lowest BCUT2D eigenvalue weighted by Crippen LogP contribution is -2.53. The Morgan fingerprint density at radius 2 is 1.65 bits per heavy atom. The lowest BCUT2D eigenvalue weighted by molar-refractivity contribution is -0.138. The first kappa shape index (κ1) is 20.7. The van der Waals surface area contributed by atoms with Crippen LogP contribution in [0.4, 0.5) is 5.69 Å². The minimum Gasteiger partial charge on any atom is -0.394 e. The molecule has 0 aliphatic carbocycles. The SMILES string of the molecule is CCC(CC)N(C(=O)[C@@H]1C[C@H](CO)ON1c1ccccc1)C(CC)CC. The van der Waals surface area contributed by atoms with E-state index in [0.717, 1.165) is 31.4 Å². The van der Waals surface area contributed by atoms with Gasteiger partial charge >= 0.3 is 0 Å². The molecule has 0 bridgehead atoms. The summed E-state index contributed by atoms with van der Waals surface area (Å²) < 4.78 is 0. The maximum atomic E-state index is 13.6. The van der Waals surface area contributed by atoms with Gasteiger partial charge in [0.1, 0.15) is 12.1 Å². The van der Waals surface area contributed by atoms with E-state index in [1.807, 2.05) is 30.3 Å². The quantitative estimate of drug-likeness (QED) is 0.727. The lowest BCUT2D eigenvalue weighted by Gasteiger charge is -2.40. The van der Waals surface area contributed by atoms with Crippen LogP contribution in [0.15, 0.2) is 30.3 Å². The van der Waals surface area contributed by atoms with Crippen molar-refractivity contribution in [3.8, 4) is 0 Å². The average molecular weight is 363 g/mol. The summed E-state index contributed by atoms with van der Waals surface area (Å²) in [6, 6.07) is 9.78. The van der Waals surface area contributed by atoms with Gasteiger partial charge in [-0.2, -0.15) is 0 Å². The number of rotatable bonds is 9. The molecule has 1 aromatic rings. The molecule has 0 aromatic heterocycles. The number of carbonyl (C=O) groups is 1. The molecule has 1 aliphatic rings. The number of para-hydroxylation sites is 1. The van der Waals surface area contributed by atoms with E-state index in [1.165, 1.54) is 0 Å². The van der Waals surface area contributed by atoms with Crippen LogP contribution < -0.4 is 5.06 Å². The monoisotopic (exact) mass is 362 g/mol. The van der Waals surface area contributed by atoms with Gasteiger partial charge < -0.3 is 10.0 Å². The van der Waals surface area contributed by atoms with Crippen molar-refractivity contribution in [2.24, 2.45) is 0 Å². The van der Waals surface area contributed by atoms with Crippen LogP contribution >= 0.6 is 0 Å². The normalized spacial score (nSPS) is 20.2. The Morgan fingerprint density at radius 1 is 1.12 bits per heavy atom. The molecule has 1 aliphatic heterocycles. The molecule has 1 N–H and O–H groups in total. The molecule has 2 rings (SSSR count). The summed E-state index contributed by atoms with van der Waals surface area (Å²) in [7, 11) is 0. The minimum absolute atomic E-state index is 0.0803. The highest BCUT2D eigenvalue weighted by atomic mass is 16.7. The zero-order chi connectivity index (χ0) is 19.1. The Labute approximate surface area is 157 Å². The summed E-state index contributed by atoms with van der Waals surface area (Å²) in [5.41, 5.74) is 0.857. The van der Waals surface area contributed by atoms with Crippen molar-refractivity contribution in [1.29, 1.82) is 0 Å². The minimum atomic E-state index is -0.393. The fourth-order valence-corrected chi connectivity index (χ4v) is 3.94. The molecule has 1 aromatic carbocycles. The van der Waals surface area contributed by atoms with Gasteiger partial charge in [0.05, 0.1) is 12.3 Å². The molecular weight excluding hydrogens is 328 g/mol. The number of hydroxylamine groups is 1. The molecule has 5 nitrogen and oxygen atoms in total. The van der Waals surface area contributed by atoms with E-state index in [2.05, 4.69) is 32.6 Å². The van der Waals surface area contributed by atoms with Crippen LogP contribution in [0.2, 0.25) is 0 Å². The second-order valence-corrected chi connectivity index (χ2v) is 7.01. The van der Waals surface area contributed by atoms with Gasteiger partial charge in [-0.25, -0.2) is 5.06 Å². The molecule has 146 valence electrons. The van der Waals surface area contributed by atoms with Crippen molar-refractivity contribution in [1.82, 2.24) is 4.90 Å². The van der Waals surface area contributed by atoms with Crippen LogP contribution in [0.25, 0.3) is 0 Å². The van der Waals surface area contributed by atoms with Gasteiger partial charge in [0, 0.05) is 18.5 Å². The van der Waals surface area contributed by atoms with Crippen molar-refractivity contribution >= 4 is 11.6 Å². The summed E-state index contributed by atoms with van der Waals surface area (Å²) in [4.78, 5) is 21.6. The van der Waals surface area contributed by atoms with Gasteiger partial charge in [0.15, 0.2) is 0 Å². The van der Waals surface area contributed by atoms with Gasteiger partial charge in [-0.15, -0.1) is 0 Å². The highest BCUT2D eigenvalue weighted by molar-refractivity contribution is 5.86. The first-order chi connectivity index (χ1) is 12.6. The molecule has 26 heavy (non-hydrogen) atoms. The number of hydrogen-bond donors (Lipinski definition) is 1. The van der Waals surface area contributed by atoms with Crippen LogP contribution in [0.3, 0.4) is 0 Å². The molecule has 1 fully saturated rings. The van der Waals surface area contributed by atoms with Gasteiger partial charge in [-0.3, -0.25) is 9.63 Å². The molecule has 2 atom stereocenters. The number of nitrogens with zero attached hydrogens (tertiary/aromatic N) is 2. The lowest BCUT2D eigenvalue weighted by atomic mass is 10.00. The van der Waals surface area contributed by atoms with Crippen LogP contribution in [-0.2, 0) is 9.63 Å². The van der Waals surface area contributed by atoms with Gasteiger partial charge in [0.2, 0.25) is 5.91 Å². The molecule has 0 radical (unpaired) electrons. The molecule has 0 spiro atoms. The van der Waals surface area contributed by atoms with E-state index in [0.29, 0.717) is 6.42 Å². The summed E-state index contributed by atoms with van der Waals surface area (Å²) in [6.45, 7) is 8.50. The second-order valence-electron chi connectivity index (χ2n) is 7.01. The first-order valence-electron chi connectivity index (χ1n) is 10.0. The van der Waals surface area contributed by atoms with Crippen LogP contribution in [-0.4, -0.2) is 46.7 Å². The molecule has 1 amide bonds. The third kappa shape index (κ3) is 4.38. The van der Waals surface area contributed by atoms with Crippen LogP contribution in [0, 0.1) is 0 Å². The summed E-state index contributed by atoms with van der Waals surface area (Å²) in [5.74, 6) is 0.118. The molecule has 1 heterocycles. The fraction of sp³-hybridized carbons (Fsp3) is 0.667. The smallest absolute Gasteiger partial charge is 0.248 e. The third-order valence-corrected chi connectivity index (χ3v) is 5.46. The van der Waals surface area contributed by atoms with Gasteiger partial charge in [-0.1, -0.05) is 45.9 Å². The average Bonchev–Trinajstić information content (AvgIpc) is 3.13. The van der Waals surface area contributed by atoms with Crippen molar-refractivity contribution in [3.63, 3.8) is 0 Å². The van der Waals surface area contributed by atoms with Crippen molar-refractivity contribution in [2.75, 3.05) is 11.7 Å². The van der Waals surface area contributed by atoms with Crippen molar-refractivity contribution in [3.05, 3.63) is 30.3 Å². The zero-order valence-corrected chi connectivity index (χ0v) is 16.6. The van der Waals surface area contributed by atoms with Crippen molar-refractivity contribution < 1.29 is 14.7 Å². The maximum Gasteiger partial charge on any atom is 0.248 e. The van der Waals surface area contributed by atoms with E-state index in [9.17, 15) is 9.90 Å². The summed E-state index contributed by atoms with van der Waals surface area (Å²) >= 11 is 0. The van der Waals surface area contributed by atoms with Gasteiger partial charge in [-0.05, 0) is 37.8 Å². The van der Waals surface area contributed by atoms with E-state index >= 15 is 0 Å². The molecule has 5 heteroatoms. The Morgan fingerprint density at radius 3 is 2.12 bits per heavy atom. The second kappa shape index (κ2) is 9.93. The largest absolute Gasteiger partial charge is 0.394 e. The Balaban J connectivity index is 2.34. The number of aliphatic hydroxyl groups excluding tert-OH is 1. The first-order valence-corrected chi connectivity index (χ1v) is 10.0. The van der Waals surface area contributed by atoms with Crippen LogP contribution in [0.5, 0.6) is 0 Å². The van der Waals surface area contributed by atoms with E-state index in [4.69, 9.17) is 4.84 Å². The number of anilines is 1. The Bertz CT molecular complexity index is 531. The standard InChI is InChI=1S/C21H34N2O3/c1-5-16(6-2)22(17(7-3)8-4)21(25)20-14-19(15-24)26-23(20)18-12-10-9-11-13-18/h9-13,16-17,19-20,24H,5-8,14-15H2,1-4H3/t19-,20+/m1/s1. The maximum absolute atomic E-state index is 13.6. The number of benzene rings is 1. The molecular formula is C21H34N2O3. The highest BCUT2D eigenvalue weighted by Crippen LogP contribution is 2.31. The fourth-order valence-electron chi connectivity index (χ4n) is 3.94. The molecule has 0 saturated carbocycles. The summed E-state index contributed by atoms with van der Waals surface area (Å²) in [5, 5.41) is 11.3. The topological polar surface area (TPSA) is 53.0 Å². The number of aliphatic hydroxyl groups is 1. The number of hydrogen-bond acceptors (Lipinski definition) is 4. The Kier molecular flexibility index (Phi) is 7.91. The van der Waals surface area contributed by atoms with Crippen LogP contribution in [0.1, 0.15) is 59.8 Å². The molecule has 0 unspecified atom stereocenters. The van der Waals surface area contributed by atoms with Crippen molar-refractivity contribution in [2.45, 2.75) is 84.0 Å². The third-order valence-electron chi connectivity index (χ3n) is 5.46. The number of carbonyl (C=O) groups excluding carboxylic acids is 1. The predicted octanol–water partition coefficient (Wildman–Crippen LogP) is 3.76. The molecule has 1 saturated heterocycles. The Hall–Kier alpha value is -1.59. The van der Waals surface area contributed by atoms with E-state index in [1.54, 1.807) is 5.06 Å².